The molecule has 0 saturated heterocycles. The number of nitrogens with zero attached hydrogens (tertiary/aromatic N) is 2. The number of rotatable bonds is 3. The second-order valence-electron chi connectivity index (χ2n) is 4.54. The highest BCUT2D eigenvalue weighted by Gasteiger charge is 2.12. The summed E-state index contributed by atoms with van der Waals surface area (Å²) >= 11 is 3.44. The zero-order chi connectivity index (χ0) is 14.1. The van der Waals surface area contributed by atoms with Gasteiger partial charge in [0.05, 0.1) is 24.1 Å². The standard InChI is InChI=1S/C15H14BrN3O/c16-11-6-4-10(5-7-11)12-2-1-3-13-14(12)15(17)18-19(13)8-9-20/h1-7,20H,8-9H2,(H2,17,18). The van der Waals surface area contributed by atoms with Gasteiger partial charge in [-0.2, -0.15) is 5.10 Å². The van der Waals surface area contributed by atoms with E-state index in [4.69, 9.17) is 10.8 Å². The average Bonchev–Trinajstić information content (AvgIpc) is 2.77. The van der Waals surface area contributed by atoms with Crippen LogP contribution in [0.3, 0.4) is 0 Å². The molecule has 3 N–H and O–H groups in total. The minimum Gasteiger partial charge on any atom is -0.394 e. The van der Waals surface area contributed by atoms with Crippen molar-refractivity contribution in [3.05, 3.63) is 46.9 Å². The summed E-state index contributed by atoms with van der Waals surface area (Å²) in [4.78, 5) is 0. The molecule has 0 amide bonds. The quantitative estimate of drug-likeness (QED) is 0.775. The van der Waals surface area contributed by atoms with E-state index in [-0.39, 0.29) is 6.61 Å². The Morgan fingerprint density at radius 3 is 2.60 bits per heavy atom. The van der Waals surface area contributed by atoms with E-state index in [1.165, 1.54) is 0 Å². The lowest BCUT2D eigenvalue weighted by atomic mass is 10.0. The minimum atomic E-state index is 0.0404. The summed E-state index contributed by atoms with van der Waals surface area (Å²) < 4.78 is 2.78. The van der Waals surface area contributed by atoms with Gasteiger partial charge in [-0.25, -0.2) is 0 Å². The number of anilines is 1. The van der Waals surface area contributed by atoms with Crippen LogP contribution in [0.5, 0.6) is 0 Å². The number of aromatic nitrogens is 2. The van der Waals surface area contributed by atoms with E-state index >= 15 is 0 Å². The van der Waals surface area contributed by atoms with Crippen molar-refractivity contribution in [3.8, 4) is 11.1 Å². The second-order valence-corrected chi connectivity index (χ2v) is 5.45. The molecular weight excluding hydrogens is 318 g/mol. The van der Waals surface area contributed by atoms with Gasteiger partial charge < -0.3 is 10.8 Å². The van der Waals surface area contributed by atoms with Gasteiger partial charge in [-0.3, -0.25) is 4.68 Å². The summed E-state index contributed by atoms with van der Waals surface area (Å²) in [6, 6.07) is 14.1. The highest BCUT2D eigenvalue weighted by atomic mass is 79.9. The lowest BCUT2D eigenvalue weighted by Crippen LogP contribution is -2.03. The minimum absolute atomic E-state index is 0.0404. The molecule has 0 spiro atoms. The molecule has 1 heterocycles. The van der Waals surface area contributed by atoms with E-state index < -0.39 is 0 Å². The highest BCUT2D eigenvalue weighted by Crippen LogP contribution is 2.33. The molecule has 20 heavy (non-hydrogen) atoms. The summed E-state index contributed by atoms with van der Waals surface area (Å²) in [5.74, 6) is 0.493. The molecule has 0 aliphatic carbocycles. The second kappa shape index (κ2) is 5.26. The zero-order valence-electron chi connectivity index (χ0n) is 10.8. The third kappa shape index (κ3) is 2.19. The van der Waals surface area contributed by atoms with E-state index in [0.29, 0.717) is 12.4 Å². The first-order chi connectivity index (χ1) is 9.70. The maximum atomic E-state index is 9.10. The maximum absolute atomic E-state index is 9.10. The van der Waals surface area contributed by atoms with Crippen molar-refractivity contribution in [3.63, 3.8) is 0 Å². The molecule has 3 rings (SSSR count). The SMILES string of the molecule is Nc1nn(CCO)c2cccc(-c3ccc(Br)cc3)c12. The van der Waals surface area contributed by atoms with E-state index in [2.05, 4.69) is 21.0 Å². The van der Waals surface area contributed by atoms with Gasteiger partial charge in [-0.1, -0.05) is 40.2 Å². The average molecular weight is 332 g/mol. The zero-order valence-corrected chi connectivity index (χ0v) is 12.3. The Kier molecular flexibility index (Phi) is 3.46. The summed E-state index contributed by atoms with van der Waals surface area (Å²) in [6.45, 7) is 0.482. The Labute approximate surface area is 125 Å². The fraction of sp³-hybridized carbons (Fsp3) is 0.133. The lowest BCUT2D eigenvalue weighted by Gasteiger charge is -2.05. The lowest BCUT2D eigenvalue weighted by molar-refractivity contribution is 0.272. The molecule has 0 aliphatic heterocycles. The van der Waals surface area contributed by atoms with Crippen LogP contribution in [0.25, 0.3) is 22.0 Å². The van der Waals surface area contributed by atoms with Gasteiger partial charge in [0.15, 0.2) is 5.82 Å². The van der Waals surface area contributed by atoms with Crippen LogP contribution in [-0.2, 0) is 6.54 Å². The Hall–Kier alpha value is -1.85. The molecule has 0 bridgehead atoms. The molecular formula is C15H14BrN3O. The van der Waals surface area contributed by atoms with Gasteiger partial charge in [0, 0.05) is 4.47 Å². The fourth-order valence-corrected chi connectivity index (χ4v) is 2.66. The van der Waals surface area contributed by atoms with Gasteiger partial charge in [-0.15, -0.1) is 0 Å². The van der Waals surface area contributed by atoms with Crippen molar-refractivity contribution in [2.24, 2.45) is 0 Å². The Bertz CT molecular complexity index is 750. The molecule has 0 radical (unpaired) electrons. The van der Waals surface area contributed by atoms with Crippen LogP contribution >= 0.6 is 15.9 Å². The number of hydrogen-bond donors (Lipinski definition) is 2. The number of aliphatic hydroxyl groups excluding tert-OH is 1. The first-order valence-corrected chi connectivity index (χ1v) is 7.12. The number of fused-ring (bicyclic) bond motifs is 1. The van der Waals surface area contributed by atoms with E-state index in [1.54, 1.807) is 4.68 Å². The van der Waals surface area contributed by atoms with Crippen LogP contribution in [0.15, 0.2) is 46.9 Å². The molecule has 0 unspecified atom stereocenters. The summed E-state index contributed by atoms with van der Waals surface area (Å²) in [5, 5.41) is 14.3. The third-order valence-corrected chi connectivity index (χ3v) is 3.80. The van der Waals surface area contributed by atoms with Crippen LogP contribution in [-0.4, -0.2) is 21.5 Å². The number of aliphatic hydroxyl groups is 1. The van der Waals surface area contributed by atoms with E-state index in [9.17, 15) is 0 Å². The molecule has 0 atom stereocenters. The van der Waals surface area contributed by atoms with Crippen molar-refractivity contribution in [1.82, 2.24) is 9.78 Å². The normalized spacial score (nSPS) is 11.1. The molecule has 1 aromatic heterocycles. The molecule has 2 aromatic carbocycles. The van der Waals surface area contributed by atoms with Crippen LogP contribution in [0.4, 0.5) is 5.82 Å². The number of hydrogen-bond acceptors (Lipinski definition) is 3. The van der Waals surface area contributed by atoms with Crippen LogP contribution in [0.2, 0.25) is 0 Å². The predicted molar refractivity (Wildman–Crippen MR) is 84.4 cm³/mol. The number of nitrogen functional groups attached to an aromatic ring is 1. The Morgan fingerprint density at radius 1 is 1.15 bits per heavy atom. The van der Waals surface area contributed by atoms with Gasteiger partial charge in [-0.05, 0) is 29.3 Å². The van der Waals surface area contributed by atoms with Crippen molar-refractivity contribution < 1.29 is 5.11 Å². The number of halogens is 1. The summed E-state index contributed by atoms with van der Waals surface area (Å²) in [6.07, 6.45) is 0. The third-order valence-electron chi connectivity index (χ3n) is 3.27. The molecule has 102 valence electrons. The predicted octanol–water partition coefficient (Wildman–Crippen LogP) is 3.04. The van der Waals surface area contributed by atoms with Gasteiger partial charge in [0.2, 0.25) is 0 Å². The monoisotopic (exact) mass is 331 g/mol. The van der Waals surface area contributed by atoms with Crippen LogP contribution in [0.1, 0.15) is 0 Å². The first-order valence-electron chi connectivity index (χ1n) is 6.32. The van der Waals surface area contributed by atoms with Crippen LogP contribution in [0, 0.1) is 0 Å². The van der Waals surface area contributed by atoms with Crippen molar-refractivity contribution >= 4 is 32.7 Å². The smallest absolute Gasteiger partial charge is 0.154 e. The summed E-state index contributed by atoms with van der Waals surface area (Å²) in [7, 11) is 0. The number of nitrogens with two attached hydrogens (primary N) is 1. The molecule has 5 heteroatoms. The molecule has 0 fully saturated rings. The van der Waals surface area contributed by atoms with Gasteiger partial charge >= 0.3 is 0 Å². The van der Waals surface area contributed by atoms with Crippen molar-refractivity contribution in [1.29, 1.82) is 0 Å². The Morgan fingerprint density at radius 2 is 1.90 bits per heavy atom. The summed E-state index contributed by atoms with van der Waals surface area (Å²) in [5.41, 5.74) is 9.14. The van der Waals surface area contributed by atoms with E-state index in [1.807, 2.05) is 42.5 Å². The molecule has 0 saturated carbocycles. The maximum Gasteiger partial charge on any atom is 0.154 e. The number of benzene rings is 2. The Balaban J connectivity index is 2.23. The molecule has 0 aliphatic rings. The van der Waals surface area contributed by atoms with Crippen molar-refractivity contribution in [2.75, 3.05) is 12.3 Å². The molecule has 3 aromatic rings. The van der Waals surface area contributed by atoms with E-state index in [0.717, 1.165) is 26.5 Å². The first kappa shape index (κ1) is 13.1. The van der Waals surface area contributed by atoms with Gasteiger partial charge in [0.1, 0.15) is 0 Å². The fourth-order valence-electron chi connectivity index (χ4n) is 2.39. The topological polar surface area (TPSA) is 64.1 Å². The van der Waals surface area contributed by atoms with Crippen molar-refractivity contribution in [2.45, 2.75) is 6.54 Å². The van der Waals surface area contributed by atoms with Crippen LogP contribution < -0.4 is 5.73 Å². The highest BCUT2D eigenvalue weighted by molar-refractivity contribution is 9.10. The molecule has 4 nitrogen and oxygen atoms in total. The largest absolute Gasteiger partial charge is 0.394 e. The van der Waals surface area contributed by atoms with Gasteiger partial charge in [0.25, 0.3) is 0 Å².